The number of benzene rings is 2. The molecule has 3 rings (SSSR count). The van der Waals surface area contributed by atoms with Crippen molar-refractivity contribution in [1.29, 1.82) is 0 Å². The van der Waals surface area contributed by atoms with Crippen molar-refractivity contribution in [3.63, 3.8) is 0 Å². The van der Waals surface area contributed by atoms with E-state index in [1.165, 1.54) is 0 Å². The first-order chi connectivity index (χ1) is 12.0. The third kappa shape index (κ3) is 3.51. The summed E-state index contributed by atoms with van der Waals surface area (Å²) in [7, 11) is 1.60. The number of anilines is 1. The van der Waals surface area contributed by atoms with Crippen molar-refractivity contribution in [1.82, 2.24) is 9.78 Å². The van der Waals surface area contributed by atoms with E-state index >= 15 is 0 Å². The normalized spacial score (nSPS) is 10.6. The maximum absolute atomic E-state index is 12.4. The molecular formula is C19H18ClN3O2. The van der Waals surface area contributed by atoms with Gasteiger partial charge >= 0.3 is 0 Å². The number of nitrogens with zero attached hydrogens (tertiary/aromatic N) is 2. The van der Waals surface area contributed by atoms with Crippen LogP contribution in [0.1, 0.15) is 21.7 Å². The Morgan fingerprint density at radius 3 is 2.24 bits per heavy atom. The first-order valence-electron chi connectivity index (χ1n) is 7.77. The van der Waals surface area contributed by atoms with Crippen molar-refractivity contribution in [3.8, 4) is 11.4 Å². The summed E-state index contributed by atoms with van der Waals surface area (Å²) in [5, 5.41) is 7.92. The number of nitrogens with one attached hydrogen (secondary N) is 1. The number of aryl methyl sites for hydroxylation is 1. The van der Waals surface area contributed by atoms with E-state index in [0.29, 0.717) is 16.3 Å². The second-order valence-corrected chi connectivity index (χ2v) is 6.00. The fourth-order valence-electron chi connectivity index (χ4n) is 2.51. The molecule has 6 heteroatoms. The number of halogens is 1. The first-order valence-corrected chi connectivity index (χ1v) is 8.15. The van der Waals surface area contributed by atoms with Gasteiger partial charge in [0.15, 0.2) is 0 Å². The van der Waals surface area contributed by atoms with Crippen LogP contribution in [0.15, 0.2) is 48.5 Å². The lowest BCUT2D eigenvalue weighted by Crippen LogP contribution is -2.12. The van der Waals surface area contributed by atoms with Crippen molar-refractivity contribution in [2.75, 3.05) is 12.4 Å². The summed E-state index contributed by atoms with van der Waals surface area (Å²) in [6, 6.07) is 14.4. The third-order valence-electron chi connectivity index (χ3n) is 3.92. The molecule has 0 saturated heterocycles. The van der Waals surface area contributed by atoms with Gasteiger partial charge < -0.3 is 10.1 Å². The van der Waals surface area contributed by atoms with Gasteiger partial charge in [0.25, 0.3) is 5.91 Å². The molecule has 0 aliphatic carbocycles. The summed E-state index contributed by atoms with van der Waals surface area (Å²) in [5.74, 6) is 0.564. The number of ether oxygens (including phenoxy) is 1. The Bertz CT molecular complexity index is 900. The minimum atomic E-state index is -0.178. The number of aromatic nitrogens is 2. The molecule has 0 spiro atoms. The molecular weight excluding hydrogens is 338 g/mol. The summed E-state index contributed by atoms with van der Waals surface area (Å²) < 4.78 is 6.87. The molecule has 2 aromatic carbocycles. The number of hydrogen-bond donors (Lipinski definition) is 1. The van der Waals surface area contributed by atoms with E-state index < -0.39 is 0 Å². The molecule has 0 radical (unpaired) electrons. The molecule has 128 valence electrons. The SMILES string of the molecule is COc1ccc(NC(=O)c2ccc(-n3nc(C)c(Cl)c3C)cc2)cc1. The summed E-state index contributed by atoms with van der Waals surface area (Å²) in [5.41, 5.74) is 3.77. The summed E-state index contributed by atoms with van der Waals surface area (Å²) >= 11 is 6.19. The molecule has 5 nitrogen and oxygen atoms in total. The zero-order chi connectivity index (χ0) is 18.0. The minimum absolute atomic E-state index is 0.178. The van der Waals surface area contributed by atoms with Crippen LogP contribution in [0.25, 0.3) is 5.69 Å². The quantitative estimate of drug-likeness (QED) is 0.754. The highest BCUT2D eigenvalue weighted by atomic mass is 35.5. The molecule has 0 bridgehead atoms. The van der Waals surface area contributed by atoms with Crippen LogP contribution in [-0.4, -0.2) is 22.8 Å². The minimum Gasteiger partial charge on any atom is -0.497 e. The van der Waals surface area contributed by atoms with Crippen molar-refractivity contribution >= 4 is 23.2 Å². The van der Waals surface area contributed by atoms with Crippen LogP contribution in [0.5, 0.6) is 5.75 Å². The van der Waals surface area contributed by atoms with Gasteiger partial charge in [-0.25, -0.2) is 4.68 Å². The van der Waals surface area contributed by atoms with Gasteiger partial charge in [0, 0.05) is 11.3 Å². The van der Waals surface area contributed by atoms with Gasteiger partial charge in [-0.2, -0.15) is 5.10 Å². The summed E-state index contributed by atoms with van der Waals surface area (Å²) in [4.78, 5) is 12.4. The van der Waals surface area contributed by atoms with E-state index in [4.69, 9.17) is 16.3 Å². The molecule has 1 amide bonds. The van der Waals surface area contributed by atoms with E-state index in [0.717, 1.165) is 22.8 Å². The second-order valence-electron chi connectivity index (χ2n) is 5.63. The molecule has 0 atom stereocenters. The number of methoxy groups -OCH3 is 1. The number of carbonyl (C=O) groups excluding carboxylic acids is 1. The lowest BCUT2D eigenvalue weighted by Gasteiger charge is -2.08. The highest BCUT2D eigenvalue weighted by molar-refractivity contribution is 6.31. The number of rotatable bonds is 4. The topological polar surface area (TPSA) is 56.1 Å². The van der Waals surface area contributed by atoms with Crippen molar-refractivity contribution in [3.05, 3.63) is 70.5 Å². The van der Waals surface area contributed by atoms with Crippen molar-refractivity contribution in [2.24, 2.45) is 0 Å². The Morgan fingerprint density at radius 2 is 1.72 bits per heavy atom. The van der Waals surface area contributed by atoms with E-state index in [2.05, 4.69) is 10.4 Å². The Kier molecular flexibility index (Phi) is 4.76. The second kappa shape index (κ2) is 6.99. The summed E-state index contributed by atoms with van der Waals surface area (Å²) in [6.07, 6.45) is 0. The van der Waals surface area contributed by atoms with Crippen LogP contribution in [0.2, 0.25) is 5.02 Å². The first kappa shape index (κ1) is 17.0. The van der Waals surface area contributed by atoms with Crippen LogP contribution >= 0.6 is 11.6 Å². The fraction of sp³-hybridized carbons (Fsp3) is 0.158. The van der Waals surface area contributed by atoms with Crippen molar-refractivity contribution in [2.45, 2.75) is 13.8 Å². The van der Waals surface area contributed by atoms with Gasteiger partial charge in [0.2, 0.25) is 0 Å². The summed E-state index contributed by atoms with van der Waals surface area (Å²) in [6.45, 7) is 3.77. The molecule has 1 N–H and O–H groups in total. The van der Waals surface area contributed by atoms with Crippen LogP contribution in [0.3, 0.4) is 0 Å². The Balaban J connectivity index is 1.77. The average molecular weight is 356 g/mol. The fourth-order valence-corrected chi connectivity index (χ4v) is 2.62. The van der Waals surface area contributed by atoms with Crippen LogP contribution in [0, 0.1) is 13.8 Å². The molecule has 0 saturated carbocycles. The Hall–Kier alpha value is -2.79. The molecule has 0 fully saturated rings. The van der Waals surface area contributed by atoms with Gasteiger partial charge in [0.05, 0.1) is 29.2 Å². The monoisotopic (exact) mass is 355 g/mol. The van der Waals surface area contributed by atoms with E-state index in [1.807, 2.05) is 26.0 Å². The van der Waals surface area contributed by atoms with E-state index in [1.54, 1.807) is 48.2 Å². The molecule has 0 unspecified atom stereocenters. The van der Waals surface area contributed by atoms with Gasteiger partial charge in [0.1, 0.15) is 5.75 Å². The number of amides is 1. The zero-order valence-electron chi connectivity index (χ0n) is 14.2. The molecule has 0 aliphatic heterocycles. The average Bonchev–Trinajstić information content (AvgIpc) is 2.90. The molecule has 0 aliphatic rings. The lowest BCUT2D eigenvalue weighted by atomic mass is 10.2. The third-order valence-corrected chi connectivity index (χ3v) is 4.47. The van der Waals surface area contributed by atoms with E-state index in [-0.39, 0.29) is 5.91 Å². The largest absolute Gasteiger partial charge is 0.497 e. The van der Waals surface area contributed by atoms with Crippen LogP contribution in [0.4, 0.5) is 5.69 Å². The maximum Gasteiger partial charge on any atom is 0.255 e. The van der Waals surface area contributed by atoms with Crippen LogP contribution in [-0.2, 0) is 0 Å². The molecule has 1 heterocycles. The molecule has 3 aromatic rings. The van der Waals surface area contributed by atoms with Gasteiger partial charge in [-0.15, -0.1) is 0 Å². The van der Waals surface area contributed by atoms with Crippen molar-refractivity contribution < 1.29 is 9.53 Å². The van der Waals surface area contributed by atoms with Gasteiger partial charge in [-0.05, 0) is 62.4 Å². The highest BCUT2D eigenvalue weighted by Crippen LogP contribution is 2.23. The zero-order valence-corrected chi connectivity index (χ0v) is 15.0. The Morgan fingerprint density at radius 1 is 1.08 bits per heavy atom. The molecule has 25 heavy (non-hydrogen) atoms. The number of hydrogen-bond acceptors (Lipinski definition) is 3. The highest BCUT2D eigenvalue weighted by Gasteiger charge is 2.12. The van der Waals surface area contributed by atoms with Crippen LogP contribution < -0.4 is 10.1 Å². The maximum atomic E-state index is 12.4. The van der Waals surface area contributed by atoms with Gasteiger partial charge in [-0.1, -0.05) is 11.6 Å². The standard InChI is InChI=1S/C19H18ClN3O2/c1-12-18(20)13(2)23(22-12)16-8-4-14(5-9-16)19(24)21-15-6-10-17(25-3)11-7-15/h4-11H,1-3H3,(H,21,24). The van der Waals surface area contributed by atoms with E-state index in [9.17, 15) is 4.79 Å². The predicted octanol–water partition coefficient (Wildman–Crippen LogP) is 4.40. The smallest absolute Gasteiger partial charge is 0.255 e. The predicted molar refractivity (Wildman–Crippen MR) is 99.0 cm³/mol. The molecule has 1 aromatic heterocycles. The Labute approximate surface area is 151 Å². The van der Waals surface area contributed by atoms with Gasteiger partial charge in [-0.3, -0.25) is 4.79 Å². The number of carbonyl (C=O) groups is 1. The lowest BCUT2D eigenvalue weighted by molar-refractivity contribution is 0.102.